The number of pyridine rings is 1. The third-order valence-corrected chi connectivity index (χ3v) is 3.57. The van der Waals surface area contributed by atoms with Crippen LogP contribution in [0.5, 0.6) is 0 Å². The number of hydrogen-bond acceptors (Lipinski definition) is 2. The van der Waals surface area contributed by atoms with Gasteiger partial charge < -0.3 is 5.32 Å². The van der Waals surface area contributed by atoms with E-state index in [1.165, 1.54) is 22.1 Å². The highest BCUT2D eigenvalue weighted by Gasteiger charge is 2.02. The van der Waals surface area contributed by atoms with Gasteiger partial charge in [0.05, 0.1) is 5.52 Å². The number of aromatic nitrogens is 1. The van der Waals surface area contributed by atoms with Crippen LogP contribution in [-0.2, 0) is 6.54 Å². The lowest BCUT2D eigenvalue weighted by molar-refractivity contribution is 0.589. The van der Waals surface area contributed by atoms with Crippen LogP contribution in [0.2, 0.25) is 0 Å². The second kappa shape index (κ2) is 6.06. The fourth-order valence-corrected chi connectivity index (χ4v) is 2.41. The molecular formula is C19H20N2. The molecule has 0 aliphatic heterocycles. The Balaban J connectivity index is 1.92. The Morgan fingerprint density at radius 3 is 2.67 bits per heavy atom. The van der Waals surface area contributed by atoms with Crippen LogP contribution in [0.25, 0.3) is 22.0 Å². The number of rotatable bonds is 4. The highest BCUT2D eigenvalue weighted by Crippen LogP contribution is 2.23. The van der Waals surface area contributed by atoms with Crippen molar-refractivity contribution in [1.82, 2.24) is 10.3 Å². The highest BCUT2D eigenvalue weighted by atomic mass is 14.9. The van der Waals surface area contributed by atoms with Crippen molar-refractivity contribution in [3.63, 3.8) is 0 Å². The molecule has 1 heterocycles. The summed E-state index contributed by atoms with van der Waals surface area (Å²) >= 11 is 0. The molecule has 3 aromatic rings. The molecule has 2 heteroatoms. The van der Waals surface area contributed by atoms with E-state index < -0.39 is 0 Å². The molecule has 1 aromatic heterocycles. The Bertz CT molecular complexity index is 747. The summed E-state index contributed by atoms with van der Waals surface area (Å²) < 4.78 is 0. The minimum absolute atomic E-state index is 0.496. The maximum Gasteiger partial charge on any atom is 0.0702 e. The maximum absolute atomic E-state index is 4.55. The number of benzene rings is 2. The summed E-state index contributed by atoms with van der Waals surface area (Å²) in [6, 6.07) is 19.6. The van der Waals surface area contributed by atoms with Crippen molar-refractivity contribution < 1.29 is 0 Å². The monoisotopic (exact) mass is 276 g/mol. The molecule has 21 heavy (non-hydrogen) atoms. The average molecular weight is 276 g/mol. The number of nitrogens with zero attached hydrogens (tertiary/aromatic N) is 1. The molecule has 0 aliphatic rings. The van der Waals surface area contributed by atoms with Crippen molar-refractivity contribution in [3.8, 4) is 11.1 Å². The minimum Gasteiger partial charge on any atom is -0.310 e. The van der Waals surface area contributed by atoms with Crippen LogP contribution in [0.1, 0.15) is 19.4 Å². The molecule has 3 rings (SSSR count). The number of para-hydroxylation sites is 1. The summed E-state index contributed by atoms with van der Waals surface area (Å²) in [5.41, 5.74) is 4.73. The van der Waals surface area contributed by atoms with Gasteiger partial charge >= 0.3 is 0 Å². The van der Waals surface area contributed by atoms with Crippen LogP contribution in [0.4, 0.5) is 0 Å². The Morgan fingerprint density at radius 1 is 0.952 bits per heavy atom. The van der Waals surface area contributed by atoms with Gasteiger partial charge in [0, 0.05) is 29.7 Å². The van der Waals surface area contributed by atoms with Crippen LogP contribution < -0.4 is 5.32 Å². The topological polar surface area (TPSA) is 24.9 Å². The molecule has 0 spiro atoms. The van der Waals surface area contributed by atoms with E-state index >= 15 is 0 Å². The smallest absolute Gasteiger partial charge is 0.0702 e. The Labute approximate surface area is 125 Å². The van der Waals surface area contributed by atoms with Gasteiger partial charge in [0.1, 0.15) is 0 Å². The number of hydrogen-bond donors (Lipinski definition) is 1. The second-order valence-electron chi connectivity index (χ2n) is 5.65. The molecule has 1 N–H and O–H groups in total. The molecule has 0 unspecified atom stereocenters. The first-order valence-corrected chi connectivity index (χ1v) is 7.40. The van der Waals surface area contributed by atoms with Crippen molar-refractivity contribution >= 4 is 10.9 Å². The summed E-state index contributed by atoms with van der Waals surface area (Å²) in [5, 5.41) is 4.64. The quantitative estimate of drug-likeness (QED) is 0.764. The van der Waals surface area contributed by atoms with Gasteiger partial charge in [-0.3, -0.25) is 4.98 Å². The first-order chi connectivity index (χ1) is 10.2. The van der Waals surface area contributed by atoms with E-state index in [2.05, 4.69) is 66.6 Å². The van der Waals surface area contributed by atoms with Crippen molar-refractivity contribution in [3.05, 3.63) is 66.4 Å². The molecule has 0 aliphatic carbocycles. The van der Waals surface area contributed by atoms with Crippen LogP contribution in [0, 0.1) is 0 Å². The fraction of sp³-hybridized carbons (Fsp3) is 0.211. The van der Waals surface area contributed by atoms with Gasteiger partial charge in [-0.15, -0.1) is 0 Å². The zero-order valence-electron chi connectivity index (χ0n) is 12.5. The van der Waals surface area contributed by atoms with Gasteiger partial charge in [-0.05, 0) is 29.3 Å². The van der Waals surface area contributed by atoms with E-state index in [1.54, 1.807) is 0 Å². The van der Waals surface area contributed by atoms with Gasteiger partial charge in [0.25, 0.3) is 0 Å². The zero-order valence-corrected chi connectivity index (χ0v) is 12.5. The molecule has 0 bridgehead atoms. The Hall–Kier alpha value is -2.19. The van der Waals surface area contributed by atoms with Gasteiger partial charge in [-0.2, -0.15) is 0 Å². The molecule has 106 valence electrons. The molecule has 0 saturated carbocycles. The molecule has 0 radical (unpaired) electrons. The first-order valence-electron chi connectivity index (χ1n) is 7.40. The van der Waals surface area contributed by atoms with Crippen LogP contribution in [0.15, 0.2) is 60.8 Å². The zero-order chi connectivity index (χ0) is 14.7. The SMILES string of the molecule is CC(C)NCc1cccc(-c2cnc3ccccc3c2)c1. The predicted octanol–water partition coefficient (Wildman–Crippen LogP) is 4.40. The van der Waals surface area contributed by atoms with Crippen LogP contribution >= 0.6 is 0 Å². The van der Waals surface area contributed by atoms with E-state index in [4.69, 9.17) is 0 Å². The van der Waals surface area contributed by atoms with E-state index in [0.717, 1.165) is 12.1 Å². The Morgan fingerprint density at radius 2 is 1.81 bits per heavy atom. The Kier molecular flexibility index (Phi) is 3.98. The lowest BCUT2D eigenvalue weighted by Gasteiger charge is -2.10. The van der Waals surface area contributed by atoms with Gasteiger partial charge in [0.2, 0.25) is 0 Å². The molecule has 0 fully saturated rings. The minimum atomic E-state index is 0.496. The molecule has 2 aromatic carbocycles. The summed E-state index contributed by atoms with van der Waals surface area (Å²) in [6.07, 6.45) is 1.96. The molecule has 0 saturated heterocycles. The maximum atomic E-state index is 4.55. The van der Waals surface area contributed by atoms with Crippen molar-refractivity contribution in [1.29, 1.82) is 0 Å². The standard InChI is InChI=1S/C19H20N2/c1-14(2)20-12-15-6-5-8-16(10-15)18-11-17-7-3-4-9-19(17)21-13-18/h3-11,13-14,20H,12H2,1-2H3. The number of fused-ring (bicyclic) bond motifs is 1. The summed E-state index contributed by atoms with van der Waals surface area (Å²) in [5.74, 6) is 0. The number of nitrogens with one attached hydrogen (secondary N) is 1. The molecule has 2 nitrogen and oxygen atoms in total. The third-order valence-electron chi connectivity index (χ3n) is 3.57. The van der Waals surface area contributed by atoms with Crippen molar-refractivity contribution in [2.24, 2.45) is 0 Å². The van der Waals surface area contributed by atoms with E-state index in [0.29, 0.717) is 6.04 Å². The largest absolute Gasteiger partial charge is 0.310 e. The van der Waals surface area contributed by atoms with Crippen LogP contribution in [-0.4, -0.2) is 11.0 Å². The summed E-state index contributed by atoms with van der Waals surface area (Å²) in [7, 11) is 0. The predicted molar refractivity (Wildman–Crippen MR) is 89.2 cm³/mol. The molecule has 0 atom stereocenters. The van der Waals surface area contributed by atoms with Crippen molar-refractivity contribution in [2.75, 3.05) is 0 Å². The highest BCUT2D eigenvalue weighted by molar-refractivity contribution is 5.83. The second-order valence-corrected chi connectivity index (χ2v) is 5.65. The van der Waals surface area contributed by atoms with Crippen molar-refractivity contribution in [2.45, 2.75) is 26.4 Å². The first kappa shape index (κ1) is 13.8. The van der Waals surface area contributed by atoms with E-state index in [9.17, 15) is 0 Å². The van der Waals surface area contributed by atoms with E-state index in [-0.39, 0.29) is 0 Å². The summed E-state index contributed by atoms with van der Waals surface area (Å²) in [6.45, 7) is 5.22. The van der Waals surface area contributed by atoms with Crippen LogP contribution in [0.3, 0.4) is 0 Å². The normalized spacial score (nSPS) is 11.2. The lowest BCUT2D eigenvalue weighted by atomic mass is 10.0. The molecule has 0 amide bonds. The van der Waals surface area contributed by atoms with Gasteiger partial charge in [0.15, 0.2) is 0 Å². The average Bonchev–Trinajstić information content (AvgIpc) is 2.53. The molecular weight excluding hydrogens is 256 g/mol. The summed E-state index contributed by atoms with van der Waals surface area (Å²) in [4.78, 5) is 4.55. The fourth-order valence-electron chi connectivity index (χ4n) is 2.41. The van der Waals surface area contributed by atoms with E-state index in [1.807, 2.05) is 18.3 Å². The third kappa shape index (κ3) is 3.29. The lowest BCUT2D eigenvalue weighted by Crippen LogP contribution is -2.21. The van der Waals surface area contributed by atoms with Gasteiger partial charge in [-0.25, -0.2) is 0 Å². The van der Waals surface area contributed by atoms with Gasteiger partial charge in [-0.1, -0.05) is 50.2 Å².